The van der Waals surface area contributed by atoms with Gasteiger partial charge in [-0.3, -0.25) is 4.90 Å². The molecule has 0 amide bonds. The Balaban J connectivity index is 1.65. The van der Waals surface area contributed by atoms with Gasteiger partial charge in [0.05, 0.1) is 10.6 Å². The average molecular weight is 356 g/mol. The second-order valence-corrected chi connectivity index (χ2v) is 7.52. The van der Waals surface area contributed by atoms with Crippen molar-refractivity contribution in [3.05, 3.63) is 57.8 Å². The highest BCUT2D eigenvalue weighted by Gasteiger charge is 2.32. The SMILES string of the molecule is CN1CC=C(C2CNc3ccc(N=C(N)c4cccs4)cc32)C(F)C1. The molecule has 0 bridgehead atoms. The summed E-state index contributed by atoms with van der Waals surface area (Å²) in [5, 5.41) is 5.37. The predicted molar refractivity (Wildman–Crippen MR) is 103 cm³/mol. The first-order chi connectivity index (χ1) is 12.1. The Morgan fingerprint density at radius 1 is 1.40 bits per heavy atom. The van der Waals surface area contributed by atoms with Crippen LogP contribution in [0.25, 0.3) is 0 Å². The van der Waals surface area contributed by atoms with Gasteiger partial charge in [-0.05, 0) is 47.8 Å². The molecule has 2 unspecified atom stereocenters. The Hall–Kier alpha value is -2.18. The van der Waals surface area contributed by atoms with Gasteiger partial charge in [0.15, 0.2) is 0 Å². The van der Waals surface area contributed by atoms with Gasteiger partial charge in [0.1, 0.15) is 12.0 Å². The lowest BCUT2D eigenvalue weighted by molar-refractivity contribution is 0.237. The molecule has 2 atom stereocenters. The van der Waals surface area contributed by atoms with Crippen LogP contribution in [-0.4, -0.2) is 43.6 Å². The number of fused-ring (bicyclic) bond motifs is 1. The van der Waals surface area contributed by atoms with Gasteiger partial charge >= 0.3 is 0 Å². The number of thiophene rings is 1. The van der Waals surface area contributed by atoms with Crippen LogP contribution < -0.4 is 11.1 Å². The van der Waals surface area contributed by atoms with E-state index in [1.165, 1.54) is 0 Å². The van der Waals surface area contributed by atoms with Crippen LogP contribution in [0, 0.1) is 0 Å². The van der Waals surface area contributed by atoms with E-state index in [0.717, 1.165) is 40.5 Å². The van der Waals surface area contributed by atoms with Crippen LogP contribution in [-0.2, 0) is 0 Å². The summed E-state index contributed by atoms with van der Waals surface area (Å²) in [5.41, 5.74) is 9.96. The number of likely N-dealkylation sites (N-methyl/N-ethyl adjacent to an activating group) is 1. The summed E-state index contributed by atoms with van der Waals surface area (Å²) in [5.74, 6) is 0.580. The molecule has 0 fully saturated rings. The lowest BCUT2D eigenvalue weighted by Crippen LogP contribution is -2.34. The zero-order valence-electron chi connectivity index (χ0n) is 14.1. The Morgan fingerprint density at radius 2 is 2.28 bits per heavy atom. The number of halogens is 1. The van der Waals surface area contributed by atoms with Crippen molar-refractivity contribution < 1.29 is 4.39 Å². The van der Waals surface area contributed by atoms with E-state index in [1.807, 2.05) is 53.7 Å². The minimum Gasteiger partial charge on any atom is -0.384 e. The normalized spacial score (nSPS) is 23.9. The molecule has 0 saturated heterocycles. The molecule has 1 aromatic heterocycles. The number of hydrogen-bond donors (Lipinski definition) is 2. The number of nitrogens with zero attached hydrogens (tertiary/aromatic N) is 2. The molecule has 1 aromatic carbocycles. The molecule has 2 aromatic rings. The van der Waals surface area contributed by atoms with E-state index in [-0.39, 0.29) is 5.92 Å². The predicted octanol–water partition coefficient (Wildman–Crippen LogP) is 3.50. The van der Waals surface area contributed by atoms with E-state index in [4.69, 9.17) is 5.73 Å². The van der Waals surface area contributed by atoms with Crippen molar-refractivity contribution in [1.82, 2.24) is 4.90 Å². The zero-order chi connectivity index (χ0) is 17.4. The molecular formula is C19H21FN4S. The van der Waals surface area contributed by atoms with E-state index in [1.54, 1.807) is 11.3 Å². The third-order valence-electron chi connectivity index (χ3n) is 4.81. The van der Waals surface area contributed by atoms with Crippen LogP contribution >= 0.6 is 11.3 Å². The van der Waals surface area contributed by atoms with Gasteiger partial charge in [-0.2, -0.15) is 0 Å². The monoisotopic (exact) mass is 356 g/mol. The van der Waals surface area contributed by atoms with Crippen molar-refractivity contribution in [3.8, 4) is 0 Å². The molecule has 2 aliphatic rings. The number of amidine groups is 1. The first-order valence-corrected chi connectivity index (χ1v) is 9.28. The lowest BCUT2D eigenvalue weighted by atomic mass is 9.88. The smallest absolute Gasteiger partial charge is 0.141 e. The molecule has 130 valence electrons. The van der Waals surface area contributed by atoms with E-state index in [9.17, 15) is 4.39 Å². The molecule has 3 N–H and O–H groups in total. The van der Waals surface area contributed by atoms with Crippen LogP contribution in [0.3, 0.4) is 0 Å². The summed E-state index contributed by atoms with van der Waals surface area (Å²) in [7, 11) is 1.95. The number of benzene rings is 1. The fourth-order valence-corrected chi connectivity index (χ4v) is 4.14. The van der Waals surface area contributed by atoms with Crippen molar-refractivity contribution in [1.29, 1.82) is 0 Å². The highest BCUT2D eigenvalue weighted by molar-refractivity contribution is 7.12. The van der Waals surface area contributed by atoms with Crippen LogP contribution in [0.15, 0.2) is 52.4 Å². The van der Waals surface area contributed by atoms with Gasteiger partial charge in [-0.15, -0.1) is 11.3 Å². The second kappa shape index (κ2) is 6.61. The molecule has 0 saturated carbocycles. The fourth-order valence-electron chi connectivity index (χ4n) is 3.51. The first-order valence-electron chi connectivity index (χ1n) is 8.40. The van der Waals surface area contributed by atoms with Crippen molar-refractivity contribution in [2.75, 3.05) is 32.0 Å². The zero-order valence-corrected chi connectivity index (χ0v) is 14.9. The fraction of sp³-hybridized carbons (Fsp3) is 0.316. The molecule has 0 spiro atoms. The van der Waals surface area contributed by atoms with Crippen LogP contribution in [0.4, 0.5) is 15.8 Å². The van der Waals surface area contributed by atoms with Crippen LogP contribution in [0.1, 0.15) is 16.4 Å². The number of rotatable bonds is 3. The number of anilines is 1. The topological polar surface area (TPSA) is 53.6 Å². The highest BCUT2D eigenvalue weighted by Crippen LogP contribution is 2.40. The summed E-state index contributed by atoms with van der Waals surface area (Å²) in [6, 6.07) is 9.91. The minimum absolute atomic E-state index is 0.0665. The second-order valence-electron chi connectivity index (χ2n) is 6.57. The first kappa shape index (κ1) is 16.3. The molecule has 3 heterocycles. The highest BCUT2D eigenvalue weighted by atomic mass is 32.1. The van der Waals surface area contributed by atoms with Crippen molar-refractivity contribution in [3.63, 3.8) is 0 Å². The van der Waals surface area contributed by atoms with Gasteiger partial charge in [0, 0.05) is 31.2 Å². The van der Waals surface area contributed by atoms with Gasteiger partial charge in [0.25, 0.3) is 0 Å². The Bertz CT molecular complexity index is 828. The van der Waals surface area contributed by atoms with Gasteiger partial charge in [0.2, 0.25) is 0 Å². The summed E-state index contributed by atoms with van der Waals surface area (Å²) < 4.78 is 14.6. The number of hydrogen-bond acceptors (Lipinski definition) is 4. The Morgan fingerprint density at radius 3 is 3.04 bits per heavy atom. The van der Waals surface area contributed by atoms with E-state index < -0.39 is 6.17 Å². The third-order valence-corrected chi connectivity index (χ3v) is 5.70. The third kappa shape index (κ3) is 3.19. The minimum atomic E-state index is -0.917. The quantitative estimate of drug-likeness (QED) is 0.503. The molecule has 6 heteroatoms. The molecule has 0 aliphatic carbocycles. The van der Waals surface area contributed by atoms with Gasteiger partial charge < -0.3 is 11.1 Å². The maximum Gasteiger partial charge on any atom is 0.141 e. The molecule has 25 heavy (non-hydrogen) atoms. The van der Waals surface area contributed by atoms with E-state index in [2.05, 4.69) is 10.3 Å². The Labute approximate surface area is 150 Å². The van der Waals surface area contributed by atoms with Gasteiger partial charge in [-0.25, -0.2) is 9.38 Å². The standard InChI is InChI=1S/C19H21FN4S/c1-24-7-6-13(16(20)11-24)15-10-22-17-5-4-12(9-14(15)17)23-19(21)18-3-2-8-25-18/h2-6,8-9,15-16,22H,7,10-11H2,1H3,(H2,21,23). The molecule has 4 nitrogen and oxygen atoms in total. The molecule has 0 radical (unpaired) electrons. The maximum absolute atomic E-state index is 14.6. The van der Waals surface area contributed by atoms with Crippen molar-refractivity contribution in [2.45, 2.75) is 12.1 Å². The molecule has 4 rings (SSSR count). The number of aliphatic imine (C=N–C) groups is 1. The number of nitrogens with one attached hydrogen (secondary N) is 1. The molecular weight excluding hydrogens is 335 g/mol. The number of nitrogens with two attached hydrogens (primary N) is 1. The van der Waals surface area contributed by atoms with Crippen LogP contribution in [0.2, 0.25) is 0 Å². The average Bonchev–Trinajstić information content (AvgIpc) is 3.24. The van der Waals surface area contributed by atoms with Crippen molar-refractivity contribution >= 4 is 28.5 Å². The van der Waals surface area contributed by atoms with Gasteiger partial charge in [-0.1, -0.05) is 12.1 Å². The summed E-state index contributed by atoms with van der Waals surface area (Å²) in [4.78, 5) is 7.50. The summed E-state index contributed by atoms with van der Waals surface area (Å²) in [6.07, 6.45) is 1.12. The maximum atomic E-state index is 14.6. The summed E-state index contributed by atoms with van der Waals surface area (Å²) in [6.45, 7) is 1.99. The molecule has 2 aliphatic heterocycles. The largest absolute Gasteiger partial charge is 0.384 e. The van der Waals surface area contributed by atoms with E-state index >= 15 is 0 Å². The van der Waals surface area contributed by atoms with Crippen molar-refractivity contribution in [2.24, 2.45) is 10.7 Å². The Kier molecular flexibility index (Phi) is 4.31. The van der Waals surface area contributed by atoms with Crippen LogP contribution in [0.5, 0.6) is 0 Å². The lowest BCUT2D eigenvalue weighted by Gasteiger charge is -2.28. The number of alkyl halides is 1. The van der Waals surface area contributed by atoms with E-state index in [0.29, 0.717) is 12.4 Å². The summed E-state index contributed by atoms with van der Waals surface area (Å²) >= 11 is 1.57.